The van der Waals surface area contributed by atoms with E-state index in [-0.39, 0.29) is 11.9 Å². The summed E-state index contributed by atoms with van der Waals surface area (Å²) >= 11 is 0. The minimum atomic E-state index is -0.140. The van der Waals surface area contributed by atoms with Crippen LogP contribution in [-0.4, -0.2) is 16.3 Å². The van der Waals surface area contributed by atoms with Gasteiger partial charge in [0.05, 0.1) is 17.4 Å². The summed E-state index contributed by atoms with van der Waals surface area (Å²) < 4.78 is 15.9. The normalized spacial score (nSPS) is 12.6. The Labute approximate surface area is 126 Å². The number of hydrogen-bond acceptors (Lipinski definition) is 2. The smallest absolute Gasteiger partial charge is 0.126 e. The molecule has 0 bridgehead atoms. The molecule has 0 aliphatic heterocycles. The molecule has 3 nitrogen and oxygen atoms in total. The standard InChI is InChI=1S/C17H24FN3/c1-4-14-12-17(21(6-3)20-14)16(19-5-2)11-13-9-7-8-10-15(13)18/h7-10,12,16,19H,4-6,11H2,1-3H3. The van der Waals surface area contributed by atoms with Gasteiger partial charge in [-0.1, -0.05) is 32.0 Å². The highest BCUT2D eigenvalue weighted by Gasteiger charge is 2.18. The van der Waals surface area contributed by atoms with Crippen LogP contribution in [0.2, 0.25) is 0 Å². The van der Waals surface area contributed by atoms with E-state index < -0.39 is 0 Å². The number of rotatable bonds is 7. The second-order valence-electron chi connectivity index (χ2n) is 5.14. The first kappa shape index (κ1) is 15.7. The summed E-state index contributed by atoms with van der Waals surface area (Å²) in [7, 11) is 0. The van der Waals surface area contributed by atoms with Gasteiger partial charge in [0.1, 0.15) is 5.82 Å². The van der Waals surface area contributed by atoms with Crippen molar-refractivity contribution in [2.24, 2.45) is 0 Å². The van der Waals surface area contributed by atoms with Crippen molar-refractivity contribution in [1.82, 2.24) is 15.1 Å². The van der Waals surface area contributed by atoms with Crippen molar-refractivity contribution in [2.45, 2.75) is 46.2 Å². The molecule has 1 aromatic carbocycles. The Morgan fingerprint density at radius 1 is 1.24 bits per heavy atom. The minimum Gasteiger partial charge on any atom is -0.309 e. The van der Waals surface area contributed by atoms with Crippen LogP contribution in [0.15, 0.2) is 30.3 Å². The molecule has 1 unspecified atom stereocenters. The highest BCUT2D eigenvalue weighted by atomic mass is 19.1. The maximum atomic E-state index is 13.9. The zero-order valence-corrected chi connectivity index (χ0v) is 13.1. The fourth-order valence-electron chi connectivity index (χ4n) is 2.60. The molecule has 2 aromatic rings. The van der Waals surface area contributed by atoms with Gasteiger partial charge < -0.3 is 5.32 Å². The highest BCUT2D eigenvalue weighted by molar-refractivity contribution is 5.22. The quantitative estimate of drug-likeness (QED) is 0.845. The summed E-state index contributed by atoms with van der Waals surface area (Å²) in [6.07, 6.45) is 1.55. The average Bonchev–Trinajstić information content (AvgIpc) is 2.92. The number of nitrogens with one attached hydrogen (secondary N) is 1. The van der Waals surface area contributed by atoms with Crippen LogP contribution in [0.4, 0.5) is 4.39 Å². The van der Waals surface area contributed by atoms with E-state index in [1.54, 1.807) is 6.07 Å². The van der Waals surface area contributed by atoms with E-state index in [9.17, 15) is 4.39 Å². The van der Waals surface area contributed by atoms with Crippen molar-refractivity contribution in [3.63, 3.8) is 0 Å². The van der Waals surface area contributed by atoms with Gasteiger partial charge in [0.25, 0.3) is 0 Å². The van der Waals surface area contributed by atoms with E-state index in [0.717, 1.165) is 36.5 Å². The van der Waals surface area contributed by atoms with Gasteiger partial charge >= 0.3 is 0 Å². The Morgan fingerprint density at radius 2 is 2.00 bits per heavy atom. The predicted molar refractivity (Wildman–Crippen MR) is 83.8 cm³/mol. The third kappa shape index (κ3) is 3.70. The highest BCUT2D eigenvalue weighted by Crippen LogP contribution is 2.21. The number of aryl methyl sites for hydroxylation is 2. The number of likely N-dealkylation sites (N-methyl/N-ethyl adjacent to an activating group) is 1. The van der Waals surface area contributed by atoms with Crippen molar-refractivity contribution in [2.75, 3.05) is 6.54 Å². The zero-order chi connectivity index (χ0) is 15.2. The summed E-state index contributed by atoms with van der Waals surface area (Å²) in [5, 5.41) is 8.06. The third-order valence-electron chi connectivity index (χ3n) is 3.71. The molecule has 0 fully saturated rings. The second-order valence-corrected chi connectivity index (χ2v) is 5.14. The number of halogens is 1. The molecule has 21 heavy (non-hydrogen) atoms. The second kappa shape index (κ2) is 7.36. The molecule has 1 heterocycles. The van der Waals surface area contributed by atoms with Gasteiger partial charge in [0.15, 0.2) is 0 Å². The molecule has 0 saturated heterocycles. The largest absolute Gasteiger partial charge is 0.309 e. The molecule has 0 saturated carbocycles. The maximum Gasteiger partial charge on any atom is 0.126 e. The fraction of sp³-hybridized carbons (Fsp3) is 0.471. The van der Waals surface area contributed by atoms with E-state index in [1.807, 2.05) is 16.8 Å². The van der Waals surface area contributed by atoms with Gasteiger partial charge in [-0.25, -0.2) is 4.39 Å². The molecule has 4 heteroatoms. The van der Waals surface area contributed by atoms with Crippen LogP contribution in [-0.2, 0) is 19.4 Å². The first-order chi connectivity index (χ1) is 10.2. The van der Waals surface area contributed by atoms with Crippen molar-refractivity contribution in [3.05, 3.63) is 53.1 Å². The molecular formula is C17H24FN3. The molecule has 0 aliphatic carbocycles. The molecule has 0 amide bonds. The van der Waals surface area contributed by atoms with E-state index in [1.165, 1.54) is 6.07 Å². The summed E-state index contributed by atoms with van der Waals surface area (Å²) in [5.74, 6) is -0.140. The average molecular weight is 289 g/mol. The molecule has 0 aliphatic rings. The van der Waals surface area contributed by atoms with Gasteiger partial charge in [-0.15, -0.1) is 0 Å². The Kier molecular flexibility index (Phi) is 5.51. The zero-order valence-electron chi connectivity index (χ0n) is 13.1. The van der Waals surface area contributed by atoms with Crippen molar-refractivity contribution < 1.29 is 4.39 Å². The van der Waals surface area contributed by atoms with Crippen LogP contribution in [0.3, 0.4) is 0 Å². The number of aromatic nitrogens is 2. The van der Waals surface area contributed by atoms with Gasteiger partial charge in [0.2, 0.25) is 0 Å². The van der Waals surface area contributed by atoms with Crippen LogP contribution in [0, 0.1) is 5.82 Å². The van der Waals surface area contributed by atoms with Crippen LogP contribution in [0.1, 0.15) is 43.8 Å². The molecule has 0 radical (unpaired) electrons. The van der Waals surface area contributed by atoms with Crippen LogP contribution in [0.25, 0.3) is 0 Å². The lowest BCUT2D eigenvalue weighted by Crippen LogP contribution is -2.26. The lowest BCUT2D eigenvalue weighted by molar-refractivity contribution is 0.480. The summed E-state index contributed by atoms with van der Waals surface area (Å²) in [6, 6.07) is 9.21. The predicted octanol–water partition coefficient (Wildman–Crippen LogP) is 3.50. The van der Waals surface area contributed by atoms with Gasteiger partial charge in [-0.3, -0.25) is 4.68 Å². The van der Waals surface area contributed by atoms with Crippen LogP contribution < -0.4 is 5.32 Å². The number of hydrogen-bond donors (Lipinski definition) is 1. The van der Waals surface area contributed by atoms with Gasteiger partial charge in [0, 0.05) is 6.54 Å². The fourth-order valence-corrected chi connectivity index (χ4v) is 2.60. The maximum absolute atomic E-state index is 13.9. The van der Waals surface area contributed by atoms with E-state index in [0.29, 0.717) is 6.42 Å². The van der Waals surface area contributed by atoms with Crippen LogP contribution >= 0.6 is 0 Å². The molecule has 1 aromatic heterocycles. The van der Waals surface area contributed by atoms with Gasteiger partial charge in [-0.2, -0.15) is 5.10 Å². The summed E-state index contributed by atoms with van der Waals surface area (Å²) in [4.78, 5) is 0. The van der Waals surface area contributed by atoms with Crippen molar-refractivity contribution >= 4 is 0 Å². The Morgan fingerprint density at radius 3 is 2.62 bits per heavy atom. The Hall–Kier alpha value is -1.68. The Bertz CT molecular complexity index is 577. The first-order valence-corrected chi connectivity index (χ1v) is 7.72. The monoisotopic (exact) mass is 289 g/mol. The molecule has 0 spiro atoms. The number of nitrogens with zero attached hydrogens (tertiary/aromatic N) is 2. The van der Waals surface area contributed by atoms with Crippen LogP contribution in [0.5, 0.6) is 0 Å². The minimum absolute atomic E-state index is 0.0830. The van der Waals surface area contributed by atoms with Crippen molar-refractivity contribution in [3.8, 4) is 0 Å². The lowest BCUT2D eigenvalue weighted by Gasteiger charge is -2.19. The van der Waals surface area contributed by atoms with E-state index in [2.05, 4.69) is 37.3 Å². The topological polar surface area (TPSA) is 29.9 Å². The van der Waals surface area contributed by atoms with E-state index >= 15 is 0 Å². The molecule has 1 N–H and O–H groups in total. The molecule has 114 valence electrons. The van der Waals surface area contributed by atoms with E-state index in [4.69, 9.17) is 0 Å². The molecular weight excluding hydrogens is 265 g/mol. The number of benzene rings is 1. The first-order valence-electron chi connectivity index (χ1n) is 7.72. The molecule has 1 atom stereocenters. The van der Waals surface area contributed by atoms with Gasteiger partial charge in [-0.05, 0) is 44.0 Å². The summed E-state index contributed by atoms with van der Waals surface area (Å²) in [5.41, 5.74) is 2.97. The van der Waals surface area contributed by atoms with Crippen molar-refractivity contribution in [1.29, 1.82) is 0 Å². The molecule has 2 rings (SSSR count). The summed E-state index contributed by atoms with van der Waals surface area (Å²) in [6.45, 7) is 7.93. The third-order valence-corrected chi connectivity index (χ3v) is 3.71. The lowest BCUT2D eigenvalue weighted by atomic mass is 10.0. The Balaban J connectivity index is 2.30. The SMILES string of the molecule is CCNC(Cc1ccccc1F)c1cc(CC)nn1CC.